The maximum Gasteiger partial charge on any atom is 0.418 e. The Kier molecular flexibility index (Phi) is 7.25. The predicted octanol–water partition coefficient (Wildman–Crippen LogP) is 5.13. The molecular formula is C21H24F3N3O2. The summed E-state index contributed by atoms with van der Waals surface area (Å²) in [7, 11) is 0. The van der Waals surface area contributed by atoms with Crippen molar-refractivity contribution in [1.29, 1.82) is 0 Å². The largest absolute Gasteiger partial charge is 0.418 e. The summed E-state index contributed by atoms with van der Waals surface area (Å²) in [6.07, 6.45) is -4.15. The molecular weight excluding hydrogens is 383 g/mol. The Balaban J connectivity index is 1.97. The van der Waals surface area contributed by atoms with E-state index in [4.69, 9.17) is 0 Å². The van der Waals surface area contributed by atoms with Gasteiger partial charge < -0.3 is 16.0 Å². The van der Waals surface area contributed by atoms with Gasteiger partial charge in [0.25, 0.3) is 0 Å². The lowest BCUT2D eigenvalue weighted by Crippen LogP contribution is -2.32. The van der Waals surface area contributed by atoms with Crippen LogP contribution < -0.4 is 16.0 Å². The number of hydrogen-bond donors (Lipinski definition) is 3. The Bertz CT molecular complexity index is 849. The smallest absolute Gasteiger partial charge is 0.374 e. The molecule has 2 rings (SSSR count). The second kappa shape index (κ2) is 9.45. The van der Waals surface area contributed by atoms with E-state index in [-0.39, 0.29) is 17.5 Å². The molecule has 0 fully saturated rings. The maximum atomic E-state index is 13.0. The van der Waals surface area contributed by atoms with Gasteiger partial charge in [-0.05, 0) is 49.2 Å². The lowest BCUT2D eigenvalue weighted by molar-refractivity contribution is -0.137. The van der Waals surface area contributed by atoms with Crippen molar-refractivity contribution in [1.82, 2.24) is 0 Å². The molecule has 156 valence electrons. The minimum Gasteiger partial charge on any atom is -0.374 e. The molecule has 0 saturated carbocycles. The third-order valence-corrected chi connectivity index (χ3v) is 4.03. The predicted molar refractivity (Wildman–Crippen MR) is 108 cm³/mol. The van der Waals surface area contributed by atoms with Crippen LogP contribution in [0.2, 0.25) is 0 Å². The Morgan fingerprint density at radius 3 is 2.07 bits per heavy atom. The molecule has 0 aliphatic rings. The number of anilines is 3. The molecule has 0 saturated heterocycles. The van der Waals surface area contributed by atoms with Gasteiger partial charge in [-0.15, -0.1) is 0 Å². The van der Waals surface area contributed by atoms with Crippen LogP contribution in [0, 0.1) is 5.92 Å². The summed E-state index contributed by atoms with van der Waals surface area (Å²) in [6.45, 7) is 5.45. The molecule has 29 heavy (non-hydrogen) atoms. The van der Waals surface area contributed by atoms with Crippen LogP contribution in [0.4, 0.5) is 30.2 Å². The first-order valence-corrected chi connectivity index (χ1v) is 9.20. The SMILES string of the molecule is CC(C)CC(=O)Nc1ccc(NC(C)C(=O)Nc2ccccc2C(F)(F)F)cc1. The van der Waals surface area contributed by atoms with Gasteiger partial charge in [0.1, 0.15) is 6.04 Å². The molecule has 0 heterocycles. The summed E-state index contributed by atoms with van der Waals surface area (Å²) in [5.41, 5.74) is 0.0277. The van der Waals surface area contributed by atoms with E-state index < -0.39 is 23.7 Å². The number of benzene rings is 2. The molecule has 0 bridgehead atoms. The van der Waals surface area contributed by atoms with E-state index in [0.717, 1.165) is 6.07 Å². The zero-order valence-electron chi connectivity index (χ0n) is 16.4. The quantitative estimate of drug-likeness (QED) is 0.596. The normalized spacial score (nSPS) is 12.4. The highest BCUT2D eigenvalue weighted by Gasteiger charge is 2.33. The topological polar surface area (TPSA) is 70.2 Å². The number of hydrogen-bond acceptors (Lipinski definition) is 3. The summed E-state index contributed by atoms with van der Waals surface area (Å²) in [5, 5.41) is 8.02. The average Bonchev–Trinajstić information content (AvgIpc) is 2.62. The lowest BCUT2D eigenvalue weighted by Gasteiger charge is -2.18. The van der Waals surface area contributed by atoms with E-state index in [2.05, 4.69) is 16.0 Å². The molecule has 0 aliphatic carbocycles. The van der Waals surface area contributed by atoms with Crippen LogP contribution in [0.3, 0.4) is 0 Å². The van der Waals surface area contributed by atoms with Crippen molar-refractivity contribution >= 4 is 28.9 Å². The standard InChI is InChI=1S/C21H24F3N3O2/c1-13(2)12-19(28)26-16-10-8-15(9-11-16)25-14(3)20(29)27-18-7-5-4-6-17(18)21(22,23)24/h4-11,13-14,25H,12H2,1-3H3,(H,26,28)(H,27,29). The Morgan fingerprint density at radius 1 is 0.897 bits per heavy atom. The third kappa shape index (κ3) is 6.81. The van der Waals surface area contributed by atoms with Crippen LogP contribution in [0.1, 0.15) is 32.8 Å². The third-order valence-electron chi connectivity index (χ3n) is 4.03. The van der Waals surface area contributed by atoms with Gasteiger partial charge in [-0.25, -0.2) is 0 Å². The molecule has 0 aromatic heterocycles. The molecule has 1 unspecified atom stereocenters. The first-order chi connectivity index (χ1) is 13.6. The molecule has 8 heteroatoms. The molecule has 2 amide bonds. The number of para-hydroxylation sites is 1. The second-order valence-electron chi connectivity index (χ2n) is 7.12. The van der Waals surface area contributed by atoms with Crippen LogP contribution in [-0.4, -0.2) is 17.9 Å². The van der Waals surface area contributed by atoms with Gasteiger partial charge in [0, 0.05) is 17.8 Å². The zero-order valence-corrected chi connectivity index (χ0v) is 16.4. The van der Waals surface area contributed by atoms with Crippen LogP contribution in [0.15, 0.2) is 48.5 Å². The van der Waals surface area contributed by atoms with Gasteiger partial charge in [-0.3, -0.25) is 9.59 Å². The van der Waals surface area contributed by atoms with E-state index in [1.165, 1.54) is 18.2 Å². The highest BCUT2D eigenvalue weighted by Crippen LogP contribution is 2.34. The van der Waals surface area contributed by atoms with Crippen molar-refractivity contribution in [3.05, 3.63) is 54.1 Å². The summed E-state index contributed by atoms with van der Waals surface area (Å²) in [4.78, 5) is 24.1. The fourth-order valence-corrected chi connectivity index (χ4v) is 2.63. The van der Waals surface area contributed by atoms with E-state index in [1.807, 2.05) is 13.8 Å². The van der Waals surface area contributed by atoms with Crippen LogP contribution in [0.5, 0.6) is 0 Å². The molecule has 0 spiro atoms. The summed E-state index contributed by atoms with van der Waals surface area (Å²) in [5.74, 6) is -0.439. The molecule has 5 nitrogen and oxygen atoms in total. The lowest BCUT2D eigenvalue weighted by atomic mass is 10.1. The highest BCUT2D eigenvalue weighted by atomic mass is 19.4. The maximum absolute atomic E-state index is 13.0. The number of amides is 2. The zero-order chi connectivity index (χ0) is 21.6. The van der Waals surface area contributed by atoms with E-state index in [0.29, 0.717) is 17.8 Å². The molecule has 1 atom stereocenters. The second-order valence-corrected chi connectivity index (χ2v) is 7.12. The number of nitrogens with one attached hydrogen (secondary N) is 3. The summed E-state index contributed by atoms with van der Waals surface area (Å²) >= 11 is 0. The van der Waals surface area contributed by atoms with E-state index in [1.54, 1.807) is 31.2 Å². The van der Waals surface area contributed by atoms with Crippen LogP contribution >= 0.6 is 0 Å². The van der Waals surface area contributed by atoms with E-state index >= 15 is 0 Å². The van der Waals surface area contributed by atoms with Crippen molar-refractivity contribution in [2.75, 3.05) is 16.0 Å². The van der Waals surface area contributed by atoms with Crippen molar-refractivity contribution in [2.45, 2.75) is 39.4 Å². The van der Waals surface area contributed by atoms with Gasteiger partial charge >= 0.3 is 6.18 Å². The van der Waals surface area contributed by atoms with Crippen molar-refractivity contribution < 1.29 is 22.8 Å². The number of alkyl halides is 3. The van der Waals surface area contributed by atoms with Crippen LogP contribution in [-0.2, 0) is 15.8 Å². The average molecular weight is 407 g/mol. The van der Waals surface area contributed by atoms with E-state index in [9.17, 15) is 22.8 Å². The Morgan fingerprint density at radius 2 is 1.48 bits per heavy atom. The Labute approximate surface area is 167 Å². The fourth-order valence-electron chi connectivity index (χ4n) is 2.63. The minimum absolute atomic E-state index is 0.0863. The molecule has 2 aromatic carbocycles. The molecule has 0 aliphatic heterocycles. The van der Waals surface area contributed by atoms with Gasteiger partial charge in [0.2, 0.25) is 11.8 Å². The first kappa shape index (κ1) is 22.3. The fraction of sp³-hybridized carbons (Fsp3) is 0.333. The van der Waals surface area contributed by atoms with Crippen LogP contribution in [0.25, 0.3) is 0 Å². The minimum atomic E-state index is -4.56. The molecule has 2 aromatic rings. The number of carbonyl (C=O) groups excluding carboxylic acids is 2. The number of carbonyl (C=O) groups is 2. The van der Waals surface area contributed by atoms with Gasteiger partial charge in [0.05, 0.1) is 11.3 Å². The van der Waals surface area contributed by atoms with Gasteiger partial charge in [-0.1, -0.05) is 26.0 Å². The van der Waals surface area contributed by atoms with Crippen molar-refractivity contribution in [3.8, 4) is 0 Å². The summed E-state index contributed by atoms with van der Waals surface area (Å²) < 4.78 is 39.1. The van der Waals surface area contributed by atoms with Gasteiger partial charge in [0.15, 0.2) is 0 Å². The Hall–Kier alpha value is -3.03. The van der Waals surface area contributed by atoms with Crippen molar-refractivity contribution in [3.63, 3.8) is 0 Å². The number of rotatable bonds is 7. The summed E-state index contributed by atoms with van der Waals surface area (Å²) in [6, 6.07) is 10.8. The first-order valence-electron chi connectivity index (χ1n) is 9.20. The van der Waals surface area contributed by atoms with Gasteiger partial charge in [-0.2, -0.15) is 13.2 Å². The number of halogens is 3. The molecule has 0 radical (unpaired) electrons. The molecule has 3 N–H and O–H groups in total. The monoisotopic (exact) mass is 407 g/mol. The van der Waals surface area contributed by atoms with Crippen molar-refractivity contribution in [2.24, 2.45) is 5.92 Å². The highest BCUT2D eigenvalue weighted by molar-refractivity contribution is 5.97.